The van der Waals surface area contributed by atoms with Crippen LogP contribution in [0.5, 0.6) is 0 Å². The number of nitrogens with zero attached hydrogens (tertiary/aromatic N) is 1. The first-order valence-corrected chi connectivity index (χ1v) is 11.0. The van der Waals surface area contributed by atoms with E-state index < -0.39 is 9.35 Å². The van der Waals surface area contributed by atoms with Crippen molar-refractivity contribution in [2.24, 2.45) is 0 Å². The number of benzene rings is 4. The number of rotatable bonds is 5. The minimum atomic E-state index is -3.87. The third-order valence-electron chi connectivity index (χ3n) is 5.11. The normalized spacial score (nSPS) is 12.2. The Labute approximate surface area is 177 Å². The second kappa shape index (κ2) is 8.11. The molecule has 0 heterocycles. The number of nitro groups is 1. The lowest BCUT2D eigenvalue weighted by molar-refractivity contribution is -0.310. The van der Waals surface area contributed by atoms with Gasteiger partial charge in [0.05, 0.1) is 0 Å². The summed E-state index contributed by atoms with van der Waals surface area (Å²) in [4.78, 5) is 16.2. The van der Waals surface area contributed by atoms with Crippen LogP contribution in [-0.4, -0.2) is 4.33 Å². The summed E-state index contributed by atoms with van der Waals surface area (Å²) < 4.78 is -0.0352. The highest BCUT2D eigenvalue weighted by atomic mass is 35.5. The maximum Gasteiger partial charge on any atom is 0.182 e. The van der Waals surface area contributed by atoms with Gasteiger partial charge in [0.2, 0.25) is 0 Å². The molecule has 4 aromatic carbocycles. The van der Waals surface area contributed by atoms with Gasteiger partial charge in [-0.3, -0.25) is 0 Å². The molecule has 0 unspecified atom stereocenters. The molecule has 0 aromatic heterocycles. The molecule has 0 atom stereocenters. The van der Waals surface area contributed by atoms with Gasteiger partial charge in [0.25, 0.3) is 0 Å². The second-order valence-electron chi connectivity index (χ2n) is 6.45. The van der Waals surface area contributed by atoms with Gasteiger partial charge >= 0.3 is 0 Å². The molecule has 4 rings (SSSR count). The van der Waals surface area contributed by atoms with Crippen LogP contribution in [0, 0.1) is 10.1 Å². The lowest BCUT2D eigenvalue weighted by atomic mass is 10.3. The van der Waals surface area contributed by atoms with Crippen molar-refractivity contribution in [3.05, 3.63) is 131 Å². The molecule has 0 aliphatic heterocycles. The fourth-order valence-corrected chi connectivity index (χ4v) is 8.97. The van der Waals surface area contributed by atoms with Crippen molar-refractivity contribution >= 4 is 9.35 Å². The number of hydrogen-bond acceptors (Lipinski definition) is 2. The van der Waals surface area contributed by atoms with Gasteiger partial charge in [-0.05, 0) is 48.5 Å². The Bertz CT molecular complexity index is 921. The van der Waals surface area contributed by atoms with Crippen molar-refractivity contribution in [2.45, 2.75) is 19.6 Å². The Hall–Kier alpha value is -3.08. The van der Waals surface area contributed by atoms with E-state index in [1.165, 1.54) is 0 Å². The van der Waals surface area contributed by atoms with E-state index in [1.54, 1.807) is 0 Å². The van der Waals surface area contributed by atoms with Crippen LogP contribution in [0.15, 0.2) is 141 Å². The van der Waals surface area contributed by atoms with Gasteiger partial charge in [0, 0.05) is 0 Å². The van der Waals surface area contributed by atoms with E-state index in [0.29, 0.717) is 19.6 Å². The molecule has 0 spiro atoms. The second-order valence-corrected chi connectivity index (χ2v) is 10.6. The Morgan fingerprint density at radius 1 is 0.483 bits per heavy atom. The van der Waals surface area contributed by atoms with Crippen molar-refractivity contribution in [1.29, 1.82) is 0 Å². The first kappa shape index (κ1) is 20.6. The Morgan fingerprint density at radius 3 is 0.862 bits per heavy atom. The molecule has 0 aliphatic rings. The van der Waals surface area contributed by atoms with E-state index in [1.807, 2.05) is 121 Å². The van der Waals surface area contributed by atoms with Crippen LogP contribution in [0.1, 0.15) is 0 Å². The maximum absolute atomic E-state index is 13.4. The quantitative estimate of drug-likeness (QED) is 0.282. The van der Waals surface area contributed by atoms with Gasteiger partial charge in [-0.1, -0.05) is 72.8 Å². The van der Waals surface area contributed by atoms with Crippen LogP contribution >= 0.6 is 0 Å². The third-order valence-corrected chi connectivity index (χ3v) is 10.5. The molecule has 29 heavy (non-hydrogen) atoms. The van der Waals surface area contributed by atoms with Crippen LogP contribution in [0.2, 0.25) is 0 Å². The summed E-state index contributed by atoms with van der Waals surface area (Å²) >= 11 is 0. The average Bonchev–Trinajstić information content (AvgIpc) is 2.78. The molecule has 146 valence electrons. The van der Waals surface area contributed by atoms with Crippen LogP contribution in [0.4, 0.5) is 0 Å². The van der Waals surface area contributed by atoms with E-state index in [4.69, 9.17) is 0 Å². The molecular weight excluding hydrogens is 402 g/mol. The summed E-state index contributed by atoms with van der Waals surface area (Å²) in [6, 6.07) is 37.7. The first-order valence-electron chi connectivity index (χ1n) is 9.01. The third kappa shape index (κ3) is 2.76. The van der Waals surface area contributed by atoms with Crippen molar-refractivity contribution in [3.63, 3.8) is 0 Å². The highest BCUT2D eigenvalue weighted by Crippen LogP contribution is 2.64. The van der Waals surface area contributed by atoms with E-state index in [0.717, 1.165) is 0 Å². The van der Waals surface area contributed by atoms with E-state index >= 15 is 0 Å². The lowest BCUT2D eigenvalue weighted by Crippen LogP contribution is -3.00. The van der Waals surface area contributed by atoms with Gasteiger partial charge < -0.3 is 12.4 Å². The van der Waals surface area contributed by atoms with Crippen LogP contribution < -0.4 is 12.4 Å². The highest BCUT2D eigenvalue weighted by Gasteiger charge is 2.68. The number of halogens is 1. The summed E-state index contributed by atoms with van der Waals surface area (Å²) in [5, 5.41) is 13.4. The molecule has 0 amide bonds. The molecule has 0 aliphatic carbocycles. The number of hydrogen-bond donors (Lipinski definition) is 0. The molecular formula is C24H20ClNO2S. The lowest BCUT2D eigenvalue weighted by Gasteiger charge is -2.44. The molecule has 0 bridgehead atoms. The van der Waals surface area contributed by atoms with Crippen molar-refractivity contribution < 1.29 is 16.7 Å². The van der Waals surface area contributed by atoms with E-state index in [2.05, 4.69) is 0 Å². The molecule has 0 N–H and O–H groups in total. The molecule has 0 saturated carbocycles. The summed E-state index contributed by atoms with van der Waals surface area (Å²) in [7, 11) is -3.87. The smallest absolute Gasteiger partial charge is 0.182 e. The molecule has 0 radical (unpaired) electrons. The van der Waals surface area contributed by atoms with Gasteiger partial charge in [-0.2, -0.15) is 0 Å². The summed E-state index contributed by atoms with van der Waals surface area (Å²) in [5.74, 6) is 0. The predicted molar refractivity (Wildman–Crippen MR) is 113 cm³/mol. The Balaban J connectivity index is 0.00000240. The van der Waals surface area contributed by atoms with Crippen molar-refractivity contribution in [2.75, 3.05) is 0 Å². The van der Waals surface area contributed by atoms with Crippen molar-refractivity contribution in [3.8, 4) is 0 Å². The summed E-state index contributed by atoms with van der Waals surface area (Å²) in [6.45, 7) is 0. The largest absolute Gasteiger partial charge is 1.00 e. The van der Waals surface area contributed by atoms with Gasteiger partial charge in [-0.25, -0.2) is 10.1 Å². The van der Waals surface area contributed by atoms with Crippen LogP contribution in [0.3, 0.4) is 0 Å². The van der Waals surface area contributed by atoms with Gasteiger partial charge in [0.15, 0.2) is 23.9 Å². The monoisotopic (exact) mass is 421 g/mol. The maximum atomic E-state index is 13.4. The van der Waals surface area contributed by atoms with Gasteiger partial charge in [-0.15, -0.1) is 0 Å². The summed E-state index contributed by atoms with van der Waals surface area (Å²) in [5.41, 5.74) is 0. The molecule has 5 heteroatoms. The zero-order valence-corrected chi connectivity index (χ0v) is 17.2. The fourth-order valence-electron chi connectivity index (χ4n) is 3.90. The zero-order valence-electron chi connectivity index (χ0n) is 15.6. The zero-order chi connectivity index (χ0) is 19.5. The Kier molecular flexibility index (Phi) is 5.78. The van der Waals surface area contributed by atoms with Gasteiger partial charge in [0.1, 0.15) is 9.35 Å². The van der Waals surface area contributed by atoms with Crippen LogP contribution in [0.25, 0.3) is 0 Å². The molecule has 4 aromatic rings. The highest BCUT2D eigenvalue weighted by molar-refractivity contribution is 8.25. The molecule has 0 fully saturated rings. The standard InChI is InChI=1S/C24H20NO2S.ClH/c26-25(27)28(21-13-5-1-6-14-21,22-15-7-2-8-16-22,23-17-9-3-10-18-23)24-19-11-4-12-20-24;/h1-20H;1H/q+1;/p-1. The minimum Gasteiger partial charge on any atom is -1.00 e. The van der Waals surface area contributed by atoms with Crippen molar-refractivity contribution in [1.82, 2.24) is 0 Å². The topological polar surface area (TPSA) is 43.1 Å². The average molecular weight is 422 g/mol. The molecule has 0 saturated heterocycles. The van der Waals surface area contributed by atoms with E-state index in [-0.39, 0.29) is 16.7 Å². The first-order chi connectivity index (χ1) is 13.7. The molecule has 3 nitrogen and oxygen atoms in total. The Morgan fingerprint density at radius 2 is 0.690 bits per heavy atom. The minimum absolute atomic E-state index is 0. The van der Waals surface area contributed by atoms with E-state index in [9.17, 15) is 10.1 Å². The SMILES string of the molecule is O=[N+]([O-])[S+](c1ccccc1)(c1ccccc1)(c1ccccc1)c1ccccc1.[Cl-]. The predicted octanol–water partition coefficient (Wildman–Crippen LogP) is 3.11. The van der Waals surface area contributed by atoms with Crippen LogP contribution in [-0.2, 0) is 9.35 Å². The summed E-state index contributed by atoms with van der Waals surface area (Å²) in [6.07, 6.45) is 0. The fraction of sp³-hybridized carbons (Fsp3) is 0.